The average Bonchev–Trinajstić information content (AvgIpc) is 2.34. The summed E-state index contributed by atoms with van der Waals surface area (Å²) >= 11 is 0. The predicted octanol–water partition coefficient (Wildman–Crippen LogP) is 2.18. The van der Waals surface area contributed by atoms with E-state index in [4.69, 9.17) is 13.8 Å². The molecule has 120 valence electrons. The molecule has 1 unspecified atom stereocenters. The van der Waals surface area contributed by atoms with Gasteiger partial charge in [-0.05, 0) is 12.8 Å². The fraction of sp³-hybridized carbons (Fsp3) is 1.00. The van der Waals surface area contributed by atoms with Crippen LogP contribution in [0.5, 0.6) is 0 Å². The van der Waals surface area contributed by atoms with Crippen molar-refractivity contribution < 1.29 is 27.7 Å². The Labute approximate surface area is 122 Å². The summed E-state index contributed by atoms with van der Waals surface area (Å²) in [5, 5.41) is 0. The van der Waals surface area contributed by atoms with Crippen LogP contribution in [0.1, 0.15) is 32.1 Å². The highest BCUT2D eigenvalue weighted by Gasteiger charge is 2.22. The topological polar surface area (TPSA) is 65.0 Å². The van der Waals surface area contributed by atoms with Crippen LogP contribution in [-0.2, 0) is 18.3 Å². The molecule has 1 fully saturated rings. The lowest BCUT2D eigenvalue weighted by Gasteiger charge is -2.24. The van der Waals surface area contributed by atoms with E-state index in [1.807, 2.05) is 21.1 Å². The molecular weight excluding hydrogens is 281 g/mol. The first-order valence-electron chi connectivity index (χ1n) is 7.32. The monoisotopic (exact) mass is 310 g/mol. The lowest BCUT2D eigenvalue weighted by molar-refractivity contribution is -0.870. The summed E-state index contributed by atoms with van der Waals surface area (Å²) in [6.45, 7) is 1.27. The van der Waals surface area contributed by atoms with Gasteiger partial charge < -0.3 is 14.1 Å². The van der Waals surface area contributed by atoms with Crippen LogP contribution < -0.4 is 0 Å². The lowest BCUT2D eigenvalue weighted by atomic mass is 9.98. The van der Waals surface area contributed by atoms with Gasteiger partial charge in [0.2, 0.25) is 0 Å². The van der Waals surface area contributed by atoms with Crippen molar-refractivity contribution in [3.8, 4) is 0 Å². The smallest absolute Gasteiger partial charge is 0.376 e. The molecule has 0 spiro atoms. The first kappa shape index (κ1) is 18.1. The van der Waals surface area contributed by atoms with Gasteiger partial charge >= 0.3 is 7.82 Å². The van der Waals surface area contributed by atoms with Gasteiger partial charge in [-0.3, -0.25) is 9.05 Å². The van der Waals surface area contributed by atoms with Gasteiger partial charge in [0, 0.05) is 0 Å². The highest BCUT2D eigenvalue weighted by Crippen LogP contribution is 2.42. The number of likely N-dealkylation sites (N-methyl/N-ethyl adjacent to an activating group) is 1. The second kappa shape index (κ2) is 8.47. The van der Waals surface area contributed by atoms with E-state index in [1.165, 1.54) is 19.3 Å². The minimum atomic E-state index is -3.94. The number of phosphoric acid groups is 1. The van der Waals surface area contributed by atoms with Crippen molar-refractivity contribution in [3.05, 3.63) is 0 Å². The van der Waals surface area contributed by atoms with Crippen molar-refractivity contribution in [1.82, 2.24) is 0 Å². The number of ether oxygens (including phenoxy) is 1. The molecule has 0 heterocycles. The molecule has 1 atom stereocenters. The van der Waals surface area contributed by atoms with E-state index in [0.29, 0.717) is 17.6 Å². The largest absolute Gasteiger partial charge is 0.472 e. The number of phosphoric ester groups is 1. The standard InChI is InChI=1S/C13H28NO5P/c1-14(2,3)9-10-18-20(15,16)19-12-11-17-13-7-5-4-6-8-13/h13H,4-12H2,1-3H3/p+1. The van der Waals surface area contributed by atoms with Crippen molar-refractivity contribution in [2.75, 3.05) is 47.5 Å². The average molecular weight is 310 g/mol. The highest BCUT2D eigenvalue weighted by atomic mass is 31.2. The van der Waals surface area contributed by atoms with Crippen LogP contribution in [0.25, 0.3) is 0 Å². The van der Waals surface area contributed by atoms with E-state index in [0.717, 1.165) is 12.8 Å². The molecule has 1 saturated carbocycles. The fourth-order valence-electron chi connectivity index (χ4n) is 2.07. The van der Waals surface area contributed by atoms with E-state index in [2.05, 4.69) is 0 Å². The van der Waals surface area contributed by atoms with Crippen LogP contribution in [0.2, 0.25) is 0 Å². The summed E-state index contributed by atoms with van der Waals surface area (Å²) in [6, 6.07) is 0. The number of hydrogen-bond acceptors (Lipinski definition) is 4. The van der Waals surface area contributed by atoms with Gasteiger partial charge in [0.25, 0.3) is 0 Å². The molecule has 1 rings (SSSR count). The van der Waals surface area contributed by atoms with E-state index in [-0.39, 0.29) is 19.3 Å². The third-order valence-corrected chi connectivity index (χ3v) is 4.28. The second-order valence-electron chi connectivity index (χ2n) is 6.28. The number of quaternary nitrogens is 1. The van der Waals surface area contributed by atoms with Crippen LogP contribution in [0.15, 0.2) is 0 Å². The molecule has 1 N–H and O–H groups in total. The molecule has 0 aromatic carbocycles. The summed E-state index contributed by atoms with van der Waals surface area (Å²) < 4.78 is 27.7. The second-order valence-corrected chi connectivity index (χ2v) is 7.73. The summed E-state index contributed by atoms with van der Waals surface area (Å²) in [6.07, 6.45) is 6.14. The molecule has 0 amide bonds. The van der Waals surface area contributed by atoms with Gasteiger partial charge in [0.05, 0.1) is 40.5 Å². The summed E-state index contributed by atoms with van der Waals surface area (Å²) in [5.41, 5.74) is 0. The zero-order valence-electron chi connectivity index (χ0n) is 12.9. The maximum atomic E-state index is 11.6. The normalized spacial score (nSPS) is 20.8. The van der Waals surface area contributed by atoms with Crippen LogP contribution in [0.4, 0.5) is 0 Å². The van der Waals surface area contributed by atoms with E-state index in [1.54, 1.807) is 0 Å². The van der Waals surface area contributed by atoms with E-state index < -0.39 is 7.82 Å². The minimum Gasteiger partial charge on any atom is -0.376 e. The molecule has 0 saturated heterocycles. The Balaban J connectivity index is 2.08. The Bertz CT molecular complexity index is 312. The lowest BCUT2D eigenvalue weighted by Crippen LogP contribution is -2.37. The SMILES string of the molecule is C[N+](C)(C)CCOP(=O)(O)OCCOC1CCCCC1. The van der Waals surface area contributed by atoms with Gasteiger partial charge in [0.15, 0.2) is 0 Å². The van der Waals surface area contributed by atoms with Crippen molar-refractivity contribution in [1.29, 1.82) is 0 Å². The first-order valence-corrected chi connectivity index (χ1v) is 8.82. The molecule has 0 aliphatic heterocycles. The predicted molar refractivity (Wildman–Crippen MR) is 77.5 cm³/mol. The third-order valence-electron chi connectivity index (χ3n) is 3.26. The molecule has 6 nitrogen and oxygen atoms in total. The third kappa shape index (κ3) is 9.06. The first-order chi connectivity index (χ1) is 9.29. The summed E-state index contributed by atoms with van der Waals surface area (Å²) in [5.74, 6) is 0. The van der Waals surface area contributed by atoms with Crippen molar-refractivity contribution in [2.45, 2.75) is 38.2 Å². The summed E-state index contributed by atoms with van der Waals surface area (Å²) in [4.78, 5) is 9.50. The quantitative estimate of drug-likeness (QED) is 0.402. The van der Waals surface area contributed by atoms with Gasteiger partial charge in [-0.2, -0.15) is 0 Å². The van der Waals surface area contributed by atoms with Gasteiger partial charge in [0.1, 0.15) is 13.2 Å². The van der Waals surface area contributed by atoms with Crippen molar-refractivity contribution >= 4 is 7.82 Å². The van der Waals surface area contributed by atoms with Crippen molar-refractivity contribution in [2.24, 2.45) is 0 Å². The Kier molecular flexibility index (Phi) is 7.65. The molecule has 1 aliphatic rings. The Morgan fingerprint density at radius 2 is 1.65 bits per heavy atom. The van der Waals surface area contributed by atoms with E-state index in [9.17, 15) is 9.46 Å². The fourth-order valence-corrected chi connectivity index (χ4v) is 2.76. The molecule has 1 aliphatic carbocycles. The molecule has 0 aromatic heterocycles. The number of rotatable bonds is 9. The molecule has 20 heavy (non-hydrogen) atoms. The van der Waals surface area contributed by atoms with E-state index >= 15 is 0 Å². The molecule has 0 bridgehead atoms. The molecular formula is C13H29NO5P+. The Hall–Kier alpha value is 0.0300. The van der Waals surface area contributed by atoms with Crippen LogP contribution in [-0.4, -0.2) is 63.0 Å². The Morgan fingerprint density at radius 1 is 1.05 bits per heavy atom. The molecule has 0 radical (unpaired) electrons. The van der Waals surface area contributed by atoms with Crippen LogP contribution in [0.3, 0.4) is 0 Å². The minimum absolute atomic E-state index is 0.0919. The molecule has 0 aromatic rings. The number of hydrogen-bond donors (Lipinski definition) is 1. The zero-order valence-corrected chi connectivity index (χ0v) is 13.8. The molecule has 7 heteroatoms. The zero-order chi connectivity index (χ0) is 15.1. The van der Waals surface area contributed by atoms with Crippen LogP contribution >= 0.6 is 7.82 Å². The van der Waals surface area contributed by atoms with Gasteiger partial charge in [-0.15, -0.1) is 0 Å². The van der Waals surface area contributed by atoms with Crippen molar-refractivity contribution in [3.63, 3.8) is 0 Å². The maximum absolute atomic E-state index is 11.6. The highest BCUT2D eigenvalue weighted by molar-refractivity contribution is 7.47. The van der Waals surface area contributed by atoms with Gasteiger partial charge in [-0.1, -0.05) is 19.3 Å². The summed E-state index contributed by atoms with van der Waals surface area (Å²) in [7, 11) is 2.03. The maximum Gasteiger partial charge on any atom is 0.472 e. The number of nitrogens with zero attached hydrogens (tertiary/aromatic N) is 1. The Morgan fingerprint density at radius 3 is 2.25 bits per heavy atom. The van der Waals surface area contributed by atoms with Gasteiger partial charge in [-0.25, -0.2) is 4.57 Å². The van der Waals surface area contributed by atoms with Crippen LogP contribution in [0, 0.1) is 0 Å².